The van der Waals surface area contributed by atoms with E-state index in [0.29, 0.717) is 16.3 Å². The summed E-state index contributed by atoms with van der Waals surface area (Å²) >= 11 is 2.08. The van der Waals surface area contributed by atoms with Crippen LogP contribution in [0.4, 0.5) is 30.2 Å². The third-order valence-electron chi connectivity index (χ3n) is 4.48. The van der Waals surface area contributed by atoms with Crippen molar-refractivity contribution in [2.45, 2.75) is 6.18 Å². The van der Waals surface area contributed by atoms with Crippen molar-refractivity contribution in [1.29, 1.82) is 0 Å². The van der Waals surface area contributed by atoms with Crippen LogP contribution in [0.15, 0.2) is 47.8 Å². The normalized spacial score (nSPS) is 11.6. The first-order valence-corrected chi connectivity index (χ1v) is 10.5. The number of aromatic nitrogens is 1. The molecular formula is C20H15F3N4O2S2. The second kappa shape index (κ2) is 7.84. The zero-order chi connectivity index (χ0) is 22.3. The maximum absolute atomic E-state index is 13.8. The number of hydrogen-bond acceptors (Lipinski definition) is 7. The van der Waals surface area contributed by atoms with Crippen LogP contribution >= 0.6 is 22.7 Å². The van der Waals surface area contributed by atoms with Crippen LogP contribution in [0.2, 0.25) is 0 Å². The molecule has 160 valence electrons. The molecule has 0 saturated heterocycles. The molecule has 0 aliphatic carbocycles. The lowest BCUT2D eigenvalue weighted by molar-refractivity contribution is -0.136. The Labute approximate surface area is 182 Å². The lowest BCUT2D eigenvalue weighted by atomic mass is 10.1. The number of fused-ring (bicyclic) bond motifs is 1. The van der Waals surface area contributed by atoms with Crippen molar-refractivity contribution in [1.82, 2.24) is 4.98 Å². The van der Waals surface area contributed by atoms with Crippen LogP contribution in [0.1, 0.15) is 15.2 Å². The first-order valence-electron chi connectivity index (χ1n) is 8.83. The van der Waals surface area contributed by atoms with Crippen LogP contribution in [0, 0.1) is 0 Å². The fourth-order valence-corrected chi connectivity index (χ4v) is 4.71. The highest BCUT2D eigenvalue weighted by molar-refractivity contribution is 7.21. The molecule has 0 aliphatic rings. The summed E-state index contributed by atoms with van der Waals surface area (Å²) < 4.78 is 41.3. The molecule has 11 heteroatoms. The Morgan fingerprint density at radius 3 is 2.52 bits per heavy atom. The summed E-state index contributed by atoms with van der Waals surface area (Å²) in [5.41, 5.74) is 5.88. The fraction of sp³-hybridized carbons (Fsp3) is 0.100. The Morgan fingerprint density at radius 1 is 1.23 bits per heavy atom. The van der Waals surface area contributed by atoms with E-state index in [1.165, 1.54) is 18.4 Å². The van der Waals surface area contributed by atoms with Gasteiger partial charge in [-0.25, -0.2) is 4.98 Å². The summed E-state index contributed by atoms with van der Waals surface area (Å²) in [6.45, 7) is 0. The monoisotopic (exact) mass is 464 g/mol. The number of hydroxylamine groups is 1. The van der Waals surface area contributed by atoms with E-state index >= 15 is 0 Å². The molecule has 31 heavy (non-hydrogen) atoms. The summed E-state index contributed by atoms with van der Waals surface area (Å²) in [5.74, 6) is -0.642. The van der Waals surface area contributed by atoms with Gasteiger partial charge in [-0.05, 0) is 41.8 Å². The third-order valence-corrected chi connectivity index (χ3v) is 6.47. The highest BCUT2D eigenvalue weighted by Gasteiger charge is 2.36. The number of carbonyl (C=O) groups excluding carboxylic acids is 1. The van der Waals surface area contributed by atoms with Crippen molar-refractivity contribution < 1.29 is 23.2 Å². The SMILES string of the molecule is CN(O)c1ccc(NC(=O)c2sc3nc(-c4cccs4)cc(C(F)(F)F)c3c2N)cc1. The number of nitrogens with zero attached hydrogens (tertiary/aromatic N) is 2. The van der Waals surface area contributed by atoms with E-state index in [9.17, 15) is 23.2 Å². The Morgan fingerprint density at radius 2 is 1.94 bits per heavy atom. The van der Waals surface area contributed by atoms with E-state index in [-0.39, 0.29) is 26.5 Å². The number of halogens is 3. The Bertz CT molecular complexity index is 1250. The largest absolute Gasteiger partial charge is 0.417 e. The summed E-state index contributed by atoms with van der Waals surface area (Å²) in [4.78, 5) is 17.6. The molecule has 0 saturated carbocycles. The first kappa shape index (κ1) is 21.1. The van der Waals surface area contributed by atoms with Gasteiger partial charge in [-0.15, -0.1) is 22.7 Å². The zero-order valence-corrected chi connectivity index (χ0v) is 17.5. The molecule has 1 aromatic carbocycles. The van der Waals surface area contributed by atoms with Crippen LogP contribution in [-0.4, -0.2) is 23.1 Å². The van der Waals surface area contributed by atoms with Crippen molar-refractivity contribution in [3.8, 4) is 10.6 Å². The molecule has 0 atom stereocenters. The second-order valence-corrected chi connectivity index (χ2v) is 8.53. The topological polar surface area (TPSA) is 91.5 Å². The van der Waals surface area contributed by atoms with Gasteiger partial charge in [-0.3, -0.25) is 15.1 Å². The molecule has 6 nitrogen and oxygen atoms in total. The first-order chi connectivity index (χ1) is 14.6. The minimum Gasteiger partial charge on any atom is -0.397 e. The molecule has 3 heterocycles. The molecule has 0 spiro atoms. The number of nitrogen functional groups attached to an aromatic ring is 1. The number of carbonyl (C=O) groups is 1. The van der Waals surface area contributed by atoms with Crippen molar-refractivity contribution in [3.63, 3.8) is 0 Å². The smallest absolute Gasteiger partial charge is 0.397 e. The van der Waals surface area contributed by atoms with E-state index < -0.39 is 17.6 Å². The number of pyridine rings is 1. The van der Waals surface area contributed by atoms with Crippen LogP contribution in [0.3, 0.4) is 0 Å². The molecule has 1 amide bonds. The Hall–Kier alpha value is -3.15. The lowest BCUT2D eigenvalue weighted by Crippen LogP contribution is -2.13. The number of thiophene rings is 2. The molecule has 0 fully saturated rings. The van der Waals surface area contributed by atoms with E-state index in [2.05, 4.69) is 10.3 Å². The molecule has 0 unspecified atom stereocenters. The van der Waals surface area contributed by atoms with Gasteiger partial charge in [0.1, 0.15) is 9.71 Å². The molecule has 4 aromatic rings. The summed E-state index contributed by atoms with van der Waals surface area (Å²) in [7, 11) is 1.45. The van der Waals surface area contributed by atoms with E-state index in [4.69, 9.17) is 5.73 Å². The van der Waals surface area contributed by atoms with Gasteiger partial charge in [-0.2, -0.15) is 13.2 Å². The van der Waals surface area contributed by atoms with Gasteiger partial charge in [0.25, 0.3) is 5.91 Å². The maximum atomic E-state index is 13.8. The number of hydrogen-bond donors (Lipinski definition) is 3. The highest BCUT2D eigenvalue weighted by Crippen LogP contribution is 2.44. The number of anilines is 3. The third kappa shape index (κ3) is 4.07. The minimum absolute atomic E-state index is 0.0399. The standard InChI is InChI=1S/C20H15F3N4O2S2/c1-27(29)11-6-4-10(5-7-11)25-18(28)17-16(24)15-12(20(21,22)23)9-13(26-19(15)31-17)14-3-2-8-30-14/h2-9,29H,24H2,1H3,(H,25,28). The predicted octanol–water partition coefficient (Wildman–Crippen LogP) is 5.70. The molecule has 0 radical (unpaired) electrons. The fourth-order valence-electron chi connectivity index (χ4n) is 3.01. The molecule has 0 bridgehead atoms. The number of nitrogens with two attached hydrogens (primary N) is 1. The quantitative estimate of drug-likeness (QED) is 0.337. The van der Waals surface area contributed by atoms with Crippen LogP contribution in [0.5, 0.6) is 0 Å². The van der Waals surface area contributed by atoms with Gasteiger partial charge in [-0.1, -0.05) is 6.07 Å². The van der Waals surface area contributed by atoms with Crippen molar-refractivity contribution in [3.05, 3.63) is 58.3 Å². The van der Waals surface area contributed by atoms with E-state index in [1.54, 1.807) is 41.8 Å². The van der Waals surface area contributed by atoms with Gasteiger partial charge < -0.3 is 11.1 Å². The summed E-state index contributed by atoms with van der Waals surface area (Å²) in [6, 6.07) is 10.6. The predicted molar refractivity (Wildman–Crippen MR) is 117 cm³/mol. The average Bonchev–Trinajstić information content (AvgIpc) is 3.35. The van der Waals surface area contributed by atoms with Gasteiger partial charge in [0.05, 0.1) is 27.5 Å². The van der Waals surface area contributed by atoms with Gasteiger partial charge in [0.2, 0.25) is 0 Å². The van der Waals surface area contributed by atoms with Crippen LogP contribution in [0.25, 0.3) is 20.8 Å². The molecule has 3 aromatic heterocycles. The average molecular weight is 464 g/mol. The van der Waals surface area contributed by atoms with Crippen molar-refractivity contribution in [2.24, 2.45) is 0 Å². The molecular weight excluding hydrogens is 449 g/mol. The Kier molecular flexibility index (Phi) is 5.33. The van der Waals surface area contributed by atoms with E-state index in [1.807, 2.05) is 0 Å². The number of nitrogens with one attached hydrogen (secondary N) is 1. The van der Waals surface area contributed by atoms with Crippen LogP contribution < -0.4 is 16.1 Å². The van der Waals surface area contributed by atoms with E-state index in [0.717, 1.165) is 22.5 Å². The molecule has 4 rings (SSSR count). The lowest BCUT2D eigenvalue weighted by Gasteiger charge is -2.11. The number of alkyl halides is 3. The minimum atomic E-state index is -4.66. The number of benzene rings is 1. The zero-order valence-electron chi connectivity index (χ0n) is 15.9. The number of rotatable bonds is 4. The van der Waals surface area contributed by atoms with Gasteiger partial charge >= 0.3 is 6.18 Å². The summed E-state index contributed by atoms with van der Waals surface area (Å²) in [5, 5.41) is 14.4. The molecule has 0 aliphatic heterocycles. The van der Waals surface area contributed by atoms with Crippen LogP contribution in [-0.2, 0) is 6.18 Å². The van der Waals surface area contributed by atoms with Gasteiger partial charge in [0, 0.05) is 18.1 Å². The molecule has 4 N–H and O–H groups in total. The highest BCUT2D eigenvalue weighted by atomic mass is 32.1. The maximum Gasteiger partial charge on any atom is 0.417 e. The number of amides is 1. The van der Waals surface area contributed by atoms with Crippen molar-refractivity contribution in [2.75, 3.05) is 23.2 Å². The van der Waals surface area contributed by atoms with Gasteiger partial charge in [0.15, 0.2) is 0 Å². The summed E-state index contributed by atoms with van der Waals surface area (Å²) in [6.07, 6.45) is -4.66. The Balaban J connectivity index is 1.76. The van der Waals surface area contributed by atoms with Crippen molar-refractivity contribution >= 4 is 55.9 Å². The second-order valence-electron chi connectivity index (χ2n) is 6.58.